The third-order valence-corrected chi connectivity index (χ3v) is 10.8. The van der Waals surface area contributed by atoms with Crippen molar-refractivity contribution in [3.63, 3.8) is 0 Å². The molecule has 2 amide bonds. The zero-order valence-corrected chi connectivity index (χ0v) is 33.4. The summed E-state index contributed by atoms with van der Waals surface area (Å²) < 4.78 is 12.9. The molecule has 5 heterocycles. The molecule has 0 bridgehead atoms. The van der Waals surface area contributed by atoms with E-state index in [1.165, 1.54) is 11.5 Å². The van der Waals surface area contributed by atoms with Gasteiger partial charge in [-0.3, -0.25) is 23.7 Å². The molecule has 0 radical (unpaired) electrons. The summed E-state index contributed by atoms with van der Waals surface area (Å²) in [4.78, 5) is 62.5. The molecule has 2 aliphatic rings. The number of nitrogens with one attached hydrogen (secondary N) is 1. The molecule has 1 atom stereocenters. The minimum Gasteiger partial charge on any atom is -0.481 e. The van der Waals surface area contributed by atoms with Crippen LogP contribution in [0, 0.1) is 5.92 Å². The molecule has 0 spiro atoms. The van der Waals surface area contributed by atoms with E-state index in [2.05, 4.69) is 10.3 Å². The molecule has 2 N–H and O–H groups in total. The summed E-state index contributed by atoms with van der Waals surface area (Å²) in [5.41, 5.74) is 4.65. The fraction of sp³-hybridized carbons (Fsp3) is 0.333. The maximum atomic E-state index is 13.3. The number of carboxylic acid groups (broad SMARTS) is 1. The van der Waals surface area contributed by atoms with Gasteiger partial charge in [0, 0.05) is 78.9 Å². The van der Waals surface area contributed by atoms with Crippen molar-refractivity contribution in [3.8, 4) is 39.4 Å². The summed E-state index contributed by atoms with van der Waals surface area (Å²) in [6.07, 6.45) is 3.73. The Morgan fingerprint density at radius 1 is 0.965 bits per heavy atom. The lowest BCUT2D eigenvalue weighted by Gasteiger charge is -2.36. The number of ether oxygens (including phenoxy) is 2. The number of nitrogens with zero attached hydrogens (tertiary/aromatic N) is 5. The van der Waals surface area contributed by atoms with Crippen molar-refractivity contribution in [2.45, 2.75) is 58.3 Å². The highest BCUT2D eigenvalue weighted by Gasteiger charge is 2.33. The third kappa shape index (κ3) is 8.60. The molecule has 296 valence electrons. The van der Waals surface area contributed by atoms with Gasteiger partial charge in [-0.05, 0) is 57.0 Å². The molecule has 0 aliphatic carbocycles. The lowest BCUT2D eigenvalue weighted by atomic mass is 9.97. The first-order valence-corrected chi connectivity index (χ1v) is 19.3. The van der Waals surface area contributed by atoms with Crippen molar-refractivity contribution in [2.75, 3.05) is 26.7 Å². The quantitative estimate of drug-likeness (QED) is 0.143. The van der Waals surface area contributed by atoms with Crippen LogP contribution in [0.4, 0.5) is 4.79 Å². The van der Waals surface area contributed by atoms with E-state index in [0.717, 1.165) is 5.56 Å². The van der Waals surface area contributed by atoms with Crippen molar-refractivity contribution in [2.24, 2.45) is 5.92 Å². The minimum absolute atomic E-state index is 0.0443. The van der Waals surface area contributed by atoms with Crippen LogP contribution < -0.4 is 15.6 Å². The second-order valence-electron chi connectivity index (χ2n) is 15.3. The predicted octanol–water partition coefficient (Wildman–Crippen LogP) is 6.94. The van der Waals surface area contributed by atoms with Gasteiger partial charge < -0.3 is 24.8 Å². The van der Waals surface area contributed by atoms with Gasteiger partial charge in [-0.1, -0.05) is 59.6 Å². The predicted molar refractivity (Wildman–Crippen MR) is 216 cm³/mol. The van der Waals surface area contributed by atoms with Crippen LogP contribution in [-0.2, 0) is 27.4 Å². The number of benzene rings is 2. The Kier molecular flexibility index (Phi) is 11.3. The van der Waals surface area contributed by atoms with Crippen molar-refractivity contribution < 1.29 is 29.0 Å². The molecular weight excluding hydrogens is 771 g/mol. The highest BCUT2D eigenvalue weighted by molar-refractivity contribution is 6.39. The van der Waals surface area contributed by atoms with E-state index in [4.69, 9.17) is 37.7 Å². The molecule has 2 aromatic carbocycles. The topological polar surface area (TPSA) is 156 Å². The normalized spacial score (nSPS) is 16.0. The van der Waals surface area contributed by atoms with Gasteiger partial charge >= 0.3 is 12.1 Å². The maximum absolute atomic E-state index is 13.3. The number of halogens is 2. The molecule has 2 aliphatic heterocycles. The van der Waals surface area contributed by atoms with E-state index in [1.54, 1.807) is 50.2 Å². The number of aromatic nitrogens is 3. The van der Waals surface area contributed by atoms with E-state index in [-0.39, 0.29) is 30.6 Å². The van der Waals surface area contributed by atoms with Gasteiger partial charge in [-0.25, -0.2) is 14.8 Å². The van der Waals surface area contributed by atoms with E-state index in [0.29, 0.717) is 93.1 Å². The van der Waals surface area contributed by atoms with Gasteiger partial charge in [0.2, 0.25) is 11.8 Å². The SMILES string of the molecule is COc1nc(-c2cccc(-c3cccc(-c4ccn5c(=O)c(CN6CC(C(=O)O)C6)cnc5c4)c3Cl)c2Cl)ccc1CN(C[C@@H]1CCC(=O)N1)C(=O)OC(C)(C)C. The summed E-state index contributed by atoms with van der Waals surface area (Å²) in [5.74, 6) is -0.980. The Morgan fingerprint density at radius 3 is 2.30 bits per heavy atom. The molecule has 7 rings (SSSR count). The highest BCUT2D eigenvalue weighted by Crippen LogP contribution is 2.42. The van der Waals surface area contributed by atoms with E-state index in [1.807, 2.05) is 53.4 Å². The third-order valence-electron chi connectivity index (χ3n) is 10.0. The summed E-state index contributed by atoms with van der Waals surface area (Å²) in [6.45, 7) is 6.94. The van der Waals surface area contributed by atoms with Gasteiger partial charge in [0.05, 0.1) is 40.9 Å². The zero-order valence-electron chi connectivity index (χ0n) is 31.9. The fourth-order valence-corrected chi connectivity index (χ4v) is 7.78. The molecule has 2 saturated heterocycles. The smallest absolute Gasteiger partial charge is 0.410 e. The van der Waals surface area contributed by atoms with Crippen LogP contribution in [0.3, 0.4) is 0 Å². The molecule has 0 saturated carbocycles. The van der Waals surface area contributed by atoms with Crippen molar-refractivity contribution in [3.05, 3.63) is 105 Å². The minimum atomic E-state index is -0.830. The van der Waals surface area contributed by atoms with Crippen LogP contribution in [0.15, 0.2) is 77.9 Å². The summed E-state index contributed by atoms with van der Waals surface area (Å²) in [6, 6.07) is 18.3. The highest BCUT2D eigenvalue weighted by atomic mass is 35.5. The van der Waals surface area contributed by atoms with Crippen molar-refractivity contribution in [1.82, 2.24) is 29.5 Å². The van der Waals surface area contributed by atoms with Crippen LogP contribution in [-0.4, -0.2) is 85.6 Å². The number of likely N-dealkylation sites (tertiary alicyclic amines) is 1. The Labute approximate surface area is 339 Å². The zero-order chi connectivity index (χ0) is 40.6. The lowest BCUT2D eigenvalue weighted by molar-refractivity contribution is -0.147. The van der Waals surface area contributed by atoms with Crippen LogP contribution in [0.1, 0.15) is 44.7 Å². The standard InChI is InChI=1S/C42H42Cl2N6O7/c1-42(2,3)57-41(55)49(23-28-12-14-35(51)46-28)22-25-11-13-33(47-38(25)56-4)32-10-6-9-31(37(32)44)30-8-5-7-29(36(30)43)24-15-16-50-34(17-24)45-18-26(39(50)52)19-48-20-27(21-48)40(53)54/h5-11,13,15-18,27-28H,12,14,19-23H2,1-4H3,(H,46,51)(H,53,54)/t28-/m0/s1. The Bertz CT molecular complexity index is 2440. The van der Waals surface area contributed by atoms with Crippen LogP contribution in [0.5, 0.6) is 5.88 Å². The number of hydrogen-bond donors (Lipinski definition) is 2. The first-order valence-electron chi connectivity index (χ1n) is 18.5. The van der Waals surface area contributed by atoms with Crippen LogP contribution in [0.25, 0.3) is 39.2 Å². The van der Waals surface area contributed by atoms with E-state index in [9.17, 15) is 24.3 Å². The van der Waals surface area contributed by atoms with Gasteiger partial charge in [-0.15, -0.1) is 0 Å². The molecule has 2 fully saturated rings. The van der Waals surface area contributed by atoms with Gasteiger partial charge in [0.15, 0.2) is 0 Å². The summed E-state index contributed by atoms with van der Waals surface area (Å²) in [5, 5.41) is 13.0. The van der Waals surface area contributed by atoms with Crippen molar-refractivity contribution in [1.29, 1.82) is 0 Å². The lowest BCUT2D eigenvalue weighted by Crippen LogP contribution is -2.50. The number of methoxy groups -OCH3 is 1. The number of fused-ring (bicyclic) bond motifs is 1. The Balaban J connectivity index is 1.14. The first-order chi connectivity index (χ1) is 27.2. The van der Waals surface area contributed by atoms with Gasteiger partial charge in [-0.2, -0.15) is 0 Å². The second-order valence-corrected chi connectivity index (χ2v) is 16.1. The largest absolute Gasteiger partial charge is 0.481 e. The fourth-order valence-electron chi connectivity index (χ4n) is 7.12. The average molecular weight is 814 g/mol. The number of amides is 2. The molecule has 15 heteroatoms. The number of aliphatic carboxylic acids is 1. The Hall–Kier alpha value is -5.50. The number of pyridine rings is 2. The average Bonchev–Trinajstić information content (AvgIpc) is 3.57. The first kappa shape index (κ1) is 39.7. The van der Waals surface area contributed by atoms with Gasteiger partial charge in [0.25, 0.3) is 5.56 Å². The van der Waals surface area contributed by atoms with E-state index >= 15 is 0 Å². The number of rotatable bonds is 11. The molecule has 0 unspecified atom stereocenters. The molecule has 13 nitrogen and oxygen atoms in total. The van der Waals surface area contributed by atoms with E-state index < -0.39 is 23.6 Å². The maximum Gasteiger partial charge on any atom is 0.410 e. The summed E-state index contributed by atoms with van der Waals surface area (Å²) >= 11 is 14.3. The van der Waals surface area contributed by atoms with Gasteiger partial charge in [0.1, 0.15) is 11.2 Å². The summed E-state index contributed by atoms with van der Waals surface area (Å²) in [7, 11) is 1.51. The van der Waals surface area contributed by atoms with Crippen LogP contribution >= 0.6 is 23.2 Å². The Morgan fingerprint density at radius 2 is 1.65 bits per heavy atom. The molecule has 3 aromatic heterocycles. The van der Waals surface area contributed by atoms with Crippen molar-refractivity contribution >= 4 is 46.8 Å². The monoisotopic (exact) mass is 812 g/mol. The molecule has 57 heavy (non-hydrogen) atoms. The number of hydrogen-bond acceptors (Lipinski definition) is 9. The number of carboxylic acids is 1. The molecule has 5 aromatic rings. The second kappa shape index (κ2) is 16.2. The molecular formula is C42H42Cl2N6O7. The van der Waals surface area contributed by atoms with Crippen LogP contribution in [0.2, 0.25) is 10.0 Å². The number of carbonyl (C=O) groups excluding carboxylic acids is 2. The number of carbonyl (C=O) groups is 3.